The molecule has 2 aliphatic rings. The highest BCUT2D eigenvalue weighted by atomic mass is 32.2. The summed E-state index contributed by atoms with van der Waals surface area (Å²) in [6.45, 7) is 5.23. The van der Waals surface area contributed by atoms with Crippen LogP contribution < -0.4 is 4.74 Å². The number of piperidine rings is 1. The smallest absolute Gasteiger partial charge is 0.294 e. The van der Waals surface area contributed by atoms with E-state index in [-0.39, 0.29) is 18.6 Å². The van der Waals surface area contributed by atoms with E-state index in [4.69, 9.17) is 4.74 Å². The van der Waals surface area contributed by atoms with E-state index in [9.17, 15) is 14.4 Å². The van der Waals surface area contributed by atoms with Crippen LogP contribution in [0, 0.1) is 0 Å². The number of carbonyl (C=O) groups is 3. The van der Waals surface area contributed by atoms with Gasteiger partial charge in [-0.3, -0.25) is 19.3 Å². The van der Waals surface area contributed by atoms with Crippen LogP contribution in [0.2, 0.25) is 0 Å². The second kappa shape index (κ2) is 9.28. The maximum atomic E-state index is 12.7. The third kappa shape index (κ3) is 4.76. The minimum atomic E-state index is -0.418. The number of ether oxygens (including phenoxy) is 1. The first-order valence-electron chi connectivity index (χ1n) is 9.78. The number of nitrogens with zero attached hydrogens (tertiary/aromatic N) is 2. The average Bonchev–Trinajstić information content (AvgIpc) is 2.97. The molecule has 150 valence electrons. The van der Waals surface area contributed by atoms with Gasteiger partial charge in [-0.1, -0.05) is 25.1 Å². The number of rotatable bonds is 6. The van der Waals surface area contributed by atoms with Crippen molar-refractivity contribution in [2.75, 3.05) is 19.6 Å². The number of likely N-dealkylation sites (tertiary alicyclic amines) is 1. The van der Waals surface area contributed by atoms with Gasteiger partial charge in [0.15, 0.2) is 0 Å². The fourth-order valence-electron chi connectivity index (χ4n) is 3.16. The van der Waals surface area contributed by atoms with Gasteiger partial charge in [0.25, 0.3) is 11.1 Å². The summed E-state index contributed by atoms with van der Waals surface area (Å²) in [5.74, 6) is 0.0931. The molecule has 0 saturated carbocycles. The molecule has 0 aliphatic carbocycles. The van der Waals surface area contributed by atoms with Crippen molar-refractivity contribution in [2.24, 2.45) is 0 Å². The normalized spacial score (nSPS) is 20.0. The van der Waals surface area contributed by atoms with Gasteiger partial charge in [-0.25, -0.2) is 0 Å². The first kappa shape index (κ1) is 20.5. The fraction of sp³-hybridized carbons (Fsp3) is 0.476. The lowest BCUT2D eigenvalue weighted by Gasteiger charge is -2.27. The Morgan fingerprint density at radius 3 is 2.64 bits per heavy atom. The van der Waals surface area contributed by atoms with Crippen molar-refractivity contribution in [3.05, 3.63) is 34.7 Å². The van der Waals surface area contributed by atoms with Gasteiger partial charge in [0.05, 0.1) is 11.0 Å². The first-order chi connectivity index (χ1) is 13.5. The lowest BCUT2D eigenvalue weighted by Crippen LogP contribution is -2.44. The molecule has 1 aromatic rings. The van der Waals surface area contributed by atoms with Crippen LogP contribution in [0.4, 0.5) is 4.79 Å². The third-order valence-corrected chi connectivity index (χ3v) is 5.89. The van der Waals surface area contributed by atoms with Gasteiger partial charge >= 0.3 is 0 Å². The number of hydrogen-bond donors (Lipinski definition) is 0. The van der Waals surface area contributed by atoms with E-state index in [1.54, 1.807) is 11.0 Å². The van der Waals surface area contributed by atoms with Crippen LogP contribution in [0.25, 0.3) is 6.08 Å². The number of benzene rings is 1. The highest BCUT2D eigenvalue weighted by Crippen LogP contribution is 2.34. The minimum absolute atomic E-state index is 0.0479. The summed E-state index contributed by atoms with van der Waals surface area (Å²) in [5, 5.41) is -0.401. The Morgan fingerprint density at radius 2 is 1.93 bits per heavy atom. The van der Waals surface area contributed by atoms with Crippen LogP contribution in [0.5, 0.6) is 5.75 Å². The van der Waals surface area contributed by atoms with Gasteiger partial charge in [-0.15, -0.1) is 0 Å². The van der Waals surface area contributed by atoms with E-state index < -0.39 is 11.1 Å². The van der Waals surface area contributed by atoms with Crippen molar-refractivity contribution in [1.29, 1.82) is 0 Å². The van der Waals surface area contributed by atoms with Crippen molar-refractivity contribution < 1.29 is 19.1 Å². The molecule has 3 rings (SSSR count). The predicted octanol–water partition coefficient (Wildman–Crippen LogP) is 3.91. The fourth-order valence-corrected chi connectivity index (χ4v) is 3.99. The van der Waals surface area contributed by atoms with Crippen molar-refractivity contribution in [3.8, 4) is 5.75 Å². The summed E-state index contributed by atoms with van der Waals surface area (Å²) in [5.41, 5.74) is 0.746. The number of para-hydroxylation sites is 1. The molecule has 2 heterocycles. The molecule has 28 heavy (non-hydrogen) atoms. The Labute approximate surface area is 169 Å². The highest BCUT2D eigenvalue weighted by Gasteiger charge is 2.37. The molecule has 7 heteroatoms. The summed E-state index contributed by atoms with van der Waals surface area (Å²) < 4.78 is 5.91. The largest absolute Gasteiger partial charge is 0.490 e. The maximum Gasteiger partial charge on any atom is 0.294 e. The quantitative estimate of drug-likeness (QED) is 0.675. The molecule has 6 nitrogen and oxygen atoms in total. The second-order valence-corrected chi connectivity index (χ2v) is 8.08. The van der Waals surface area contributed by atoms with Crippen LogP contribution in [0.15, 0.2) is 29.2 Å². The highest BCUT2D eigenvalue weighted by molar-refractivity contribution is 8.18. The molecule has 0 bridgehead atoms. The summed E-state index contributed by atoms with van der Waals surface area (Å²) in [6, 6.07) is 7.43. The Balaban J connectivity index is 1.73. The molecule has 1 aromatic carbocycles. The standard InChI is InChI=1S/C21H26N2O4S/c1-3-15(2)27-17-10-6-5-9-16(17)13-18-20(25)23(21(26)28-18)14-19(24)22-11-7-4-8-12-22/h5-6,9-10,13,15H,3-4,7-8,11-12,14H2,1-2H3/b18-13+/t15-/m0/s1. The summed E-state index contributed by atoms with van der Waals surface area (Å²) in [6.07, 6.45) is 5.65. The molecule has 0 radical (unpaired) electrons. The molecule has 2 fully saturated rings. The lowest BCUT2D eigenvalue weighted by atomic mass is 10.1. The number of imide groups is 1. The number of thioether (sulfide) groups is 1. The number of carbonyl (C=O) groups excluding carboxylic acids is 3. The molecule has 0 unspecified atom stereocenters. The number of hydrogen-bond acceptors (Lipinski definition) is 5. The molecule has 2 aliphatic heterocycles. The van der Waals surface area contributed by atoms with Gasteiger partial charge < -0.3 is 9.64 Å². The van der Waals surface area contributed by atoms with E-state index in [1.165, 1.54) is 0 Å². The van der Waals surface area contributed by atoms with Crippen LogP contribution in [0.3, 0.4) is 0 Å². The third-order valence-electron chi connectivity index (χ3n) is 4.98. The van der Waals surface area contributed by atoms with Gasteiger partial charge in [0, 0.05) is 18.7 Å². The average molecular weight is 403 g/mol. The zero-order valence-electron chi connectivity index (χ0n) is 16.3. The molecule has 0 spiro atoms. The molecule has 1 atom stereocenters. The zero-order chi connectivity index (χ0) is 20.1. The molecule has 3 amide bonds. The predicted molar refractivity (Wildman–Crippen MR) is 110 cm³/mol. The van der Waals surface area contributed by atoms with Crippen molar-refractivity contribution in [2.45, 2.75) is 45.6 Å². The second-order valence-electron chi connectivity index (χ2n) is 7.08. The van der Waals surface area contributed by atoms with Gasteiger partial charge in [-0.2, -0.15) is 0 Å². The maximum absolute atomic E-state index is 12.7. The van der Waals surface area contributed by atoms with Crippen molar-refractivity contribution >= 4 is 34.9 Å². The summed E-state index contributed by atoms with van der Waals surface area (Å²) >= 11 is 0.871. The molecule has 2 saturated heterocycles. The van der Waals surface area contributed by atoms with Crippen LogP contribution >= 0.6 is 11.8 Å². The van der Waals surface area contributed by atoms with E-state index in [2.05, 4.69) is 0 Å². The Morgan fingerprint density at radius 1 is 1.21 bits per heavy atom. The topological polar surface area (TPSA) is 66.9 Å². The SMILES string of the molecule is CC[C@H](C)Oc1ccccc1/C=C1/SC(=O)N(CC(=O)N2CCCCC2)C1=O. The Kier molecular flexibility index (Phi) is 6.78. The number of amides is 3. The Hall–Kier alpha value is -2.28. The molecule has 0 N–H and O–H groups in total. The Bertz CT molecular complexity index is 786. The zero-order valence-corrected chi connectivity index (χ0v) is 17.2. The van der Waals surface area contributed by atoms with Gasteiger partial charge in [-0.05, 0) is 56.5 Å². The summed E-state index contributed by atoms with van der Waals surface area (Å²) in [4.78, 5) is 40.6. The monoisotopic (exact) mass is 402 g/mol. The van der Waals surface area contributed by atoms with Crippen molar-refractivity contribution in [1.82, 2.24) is 9.80 Å². The van der Waals surface area contributed by atoms with E-state index in [1.807, 2.05) is 38.1 Å². The summed E-state index contributed by atoms with van der Waals surface area (Å²) in [7, 11) is 0. The minimum Gasteiger partial charge on any atom is -0.490 e. The van der Waals surface area contributed by atoms with Gasteiger partial charge in [0.2, 0.25) is 5.91 Å². The molecule has 0 aromatic heterocycles. The van der Waals surface area contributed by atoms with Crippen LogP contribution in [0.1, 0.15) is 45.1 Å². The molecular weight excluding hydrogens is 376 g/mol. The first-order valence-corrected chi connectivity index (χ1v) is 10.6. The van der Waals surface area contributed by atoms with Crippen molar-refractivity contribution in [3.63, 3.8) is 0 Å². The van der Waals surface area contributed by atoms with Crippen LogP contribution in [-0.4, -0.2) is 52.6 Å². The molecular formula is C21H26N2O4S. The van der Waals surface area contributed by atoms with E-state index >= 15 is 0 Å². The van der Waals surface area contributed by atoms with Crippen LogP contribution in [-0.2, 0) is 9.59 Å². The van der Waals surface area contributed by atoms with Gasteiger partial charge in [0.1, 0.15) is 12.3 Å². The van der Waals surface area contributed by atoms with E-state index in [0.717, 1.165) is 47.9 Å². The van der Waals surface area contributed by atoms with E-state index in [0.29, 0.717) is 23.7 Å². The lowest BCUT2D eigenvalue weighted by molar-refractivity contribution is -0.136.